The molecule has 3 heteroatoms. The molecular weight excluding hydrogens is 346 g/mol. The molecule has 0 atom stereocenters. The Morgan fingerprint density at radius 2 is 0.929 bits per heavy atom. The molecule has 0 fully saturated rings. The van der Waals surface area contributed by atoms with Crippen LogP contribution in [0.4, 0.5) is 0 Å². The van der Waals surface area contributed by atoms with E-state index in [9.17, 15) is 10.2 Å². The minimum Gasteiger partial charge on any atom is -0.385 e. The number of hydrogen-bond acceptors (Lipinski definition) is 2. The number of aromatic nitrogens is 1. The maximum atomic E-state index is 9.47. The van der Waals surface area contributed by atoms with E-state index in [-0.39, 0.29) is 13.2 Å². The van der Waals surface area contributed by atoms with Crippen LogP contribution in [0.15, 0.2) is 18.2 Å². The molecule has 0 aliphatic rings. The molecule has 28 heavy (non-hydrogen) atoms. The first-order valence-electron chi connectivity index (χ1n) is 12.1. The van der Waals surface area contributed by atoms with Gasteiger partial charge in [-0.1, -0.05) is 96.8 Å². The van der Waals surface area contributed by atoms with E-state index in [1.165, 1.54) is 96.3 Å². The Kier molecular flexibility index (Phi) is 16.2. The van der Waals surface area contributed by atoms with Crippen molar-refractivity contribution in [3.8, 4) is 0 Å². The van der Waals surface area contributed by atoms with Gasteiger partial charge in [-0.2, -0.15) is 4.57 Å². The fourth-order valence-electron chi connectivity index (χ4n) is 4.02. The minimum absolute atomic E-state index is 0.0344. The van der Waals surface area contributed by atoms with Gasteiger partial charge in [0.2, 0.25) is 11.4 Å². The number of nitrogens with zero attached hydrogens (tertiary/aromatic N) is 1. The van der Waals surface area contributed by atoms with E-state index < -0.39 is 0 Å². The molecule has 0 saturated carbocycles. The van der Waals surface area contributed by atoms with Crippen LogP contribution in [0.2, 0.25) is 0 Å². The van der Waals surface area contributed by atoms with Gasteiger partial charge in [-0.15, -0.1) is 0 Å². The zero-order chi connectivity index (χ0) is 20.3. The Morgan fingerprint density at radius 3 is 1.29 bits per heavy atom. The summed E-state index contributed by atoms with van der Waals surface area (Å²) < 4.78 is 2.07. The molecule has 1 rings (SSSR count). The minimum atomic E-state index is 0.0344. The summed E-state index contributed by atoms with van der Waals surface area (Å²) in [4.78, 5) is 0. The Hall–Kier alpha value is -0.930. The molecule has 1 heterocycles. The number of pyridine rings is 1. The zero-order valence-electron chi connectivity index (χ0n) is 18.5. The monoisotopic (exact) mass is 392 g/mol. The second kappa shape index (κ2) is 18.1. The lowest BCUT2D eigenvalue weighted by Gasteiger charge is -2.06. The number of aliphatic hydroxyl groups excluding tert-OH is 2. The molecule has 0 aromatic carbocycles. The van der Waals surface area contributed by atoms with Gasteiger partial charge >= 0.3 is 0 Å². The molecule has 2 N–H and O–H groups in total. The molecule has 3 nitrogen and oxygen atoms in total. The summed E-state index contributed by atoms with van der Waals surface area (Å²) in [6.07, 6.45) is 22.0. The lowest BCUT2D eigenvalue weighted by molar-refractivity contribution is -0.715. The van der Waals surface area contributed by atoms with E-state index >= 15 is 0 Å². The van der Waals surface area contributed by atoms with E-state index in [1.54, 1.807) is 0 Å². The van der Waals surface area contributed by atoms with Crippen molar-refractivity contribution < 1.29 is 14.8 Å². The summed E-state index contributed by atoms with van der Waals surface area (Å²) in [5.41, 5.74) is 1.79. The smallest absolute Gasteiger partial charge is 0.207 e. The zero-order valence-corrected chi connectivity index (χ0v) is 18.5. The largest absolute Gasteiger partial charge is 0.385 e. The maximum Gasteiger partial charge on any atom is 0.207 e. The SMILES string of the molecule is CCCCCCCCCCCCCCCCCC[n+]1c(CO)cccc1CO. The van der Waals surface area contributed by atoms with E-state index in [1.807, 2.05) is 18.2 Å². The molecule has 162 valence electrons. The van der Waals surface area contributed by atoms with Gasteiger partial charge in [0.1, 0.15) is 19.8 Å². The molecule has 1 aromatic heterocycles. The third-order valence-electron chi connectivity index (χ3n) is 5.83. The van der Waals surface area contributed by atoms with Crippen LogP contribution in [0.3, 0.4) is 0 Å². The van der Waals surface area contributed by atoms with Crippen molar-refractivity contribution in [2.75, 3.05) is 0 Å². The molecule has 0 bridgehead atoms. The van der Waals surface area contributed by atoms with Crippen molar-refractivity contribution in [1.29, 1.82) is 0 Å². The van der Waals surface area contributed by atoms with Crippen LogP contribution < -0.4 is 4.57 Å². The van der Waals surface area contributed by atoms with Crippen molar-refractivity contribution in [2.45, 2.75) is 129 Å². The van der Waals surface area contributed by atoms with E-state index in [2.05, 4.69) is 11.5 Å². The van der Waals surface area contributed by atoms with Crippen molar-refractivity contribution in [3.63, 3.8) is 0 Å². The Bertz CT molecular complexity index is 453. The van der Waals surface area contributed by atoms with Gasteiger partial charge in [0.15, 0.2) is 0 Å². The average Bonchev–Trinajstić information content (AvgIpc) is 2.73. The lowest BCUT2D eigenvalue weighted by Crippen LogP contribution is -2.42. The van der Waals surface area contributed by atoms with E-state index in [0.717, 1.165) is 24.4 Å². The van der Waals surface area contributed by atoms with Crippen LogP contribution in [0.25, 0.3) is 0 Å². The molecule has 0 aliphatic carbocycles. The number of aliphatic hydroxyl groups is 2. The highest BCUT2D eigenvalue weighted by Crippen LogP contribution is 2.13. The number of hydrogen-bond donors (Lipinski definition) is 2. The van der Waals surface area contributed by atoms with Crippen LogP contribution in [-0.4, -0.2) is 10.2 Å². The van der Waals surface area contributed by atoms with Gasteiger partial charge in [-0.05, 0) is 12.5 Å². The van der Waals surface area contributed by atoms with Crippen molar-refractivity contribution in [1.82, 2.24) is 0 Å². The fourth-order valence-corrected chi connectivity index (χ4v) is 4.02. The third kappa shape index (κ3) is 11.8. The first-order valence-corrected chi connectivity index (χ1v) is 12.1. The highest BCUT2D eigenvalue weighted by atomic mass is 16.3. The molecule has 1 aromatic rings. The van der Waals surface area contributed by atoms with Crippen LogP contribution in [0.5, 0.6) is 0 Å². The van der Waals surface area contributed by atoms with Crippen molar-refractivity contribution in [3.05, 3.63) is 29.6 Å². The standard InChI is InChI=1S/C25H46NO2/c1-2-3-4-5-6-7-8-9-10-11-12-13-14-15-16-17-21-26-24(22-27)19-18-20-25(26)23-28/h18-20,27-28H,2-17,21-23H2,1H3/q+1. The molecule has 0 saturated heterocycles. The van der Waals surface area contributed by atoms with Gasteiger partial charge in [-0.25, -0.2) is 0 Å². The predicted octanol–water partition coefficient (Wildman–Crippen LogP) is 6.22. The van der Waals surface area contributed by atoms with Crippen molar-refractivity contribution >= 4 is 0 Å². The average molecular weight is 393 g/mol. The summed E-state index contributed by atoms with van der Waals surface area (Å²) in [5.74, 6) is 0. The number of unbranched alkanes of at least 4 members (excludes halogenated alkanes) is 15. The third-order valence-corrected chi connectivity index (χ3v) is 5.83. The fraction of sp³-hybridized carbons (Fsp3) is 0.800. The normalized spacial score (nSPS) is 11.2. The first kappa shape index (κ1) is 25.1. The van der Waals surface area contributed by atoms with Gasteiger partial charge in [-0.3, -0.25) is 0 Å². The summed E-state index contributed by atoms with van der Waals surface area (Å²) in [6, 6.07) is 5.78. The lowest BCUT2D eigenvalue weighted by atomic mass is 10.0. The highest BCUT2D eigenvalue weighted by Gasteiger charge is 2.14. The maximum absolute atomic E-state index is 9.47. The molecule has 0 spiro atoms. The van der Waals surface area contributed by atoms with Crippen molar-refractivity contribution in [2.24, 2.45) is 0 Å². The predicted molar refractivity (Wildman–Crippen MR) is 118 cm³/mol. The topological polar surface area (TPSA) is 44.3 Å². The number of rotatable bonds is 19. The summed E-state index contributed by atoms with van der Waals surface area (Å²) in [6.45, 7) is 3.25. The first-order chi connectivity index (χ1) is 13.8. The summed E-state index contributed by atoms with van der Waals surface area (Å²) in [7, 11) is 0. The molecule has 0 aliphatic heterocycles. The van der Waals surface area contributed by atoms with Crippen LogP contribution in [-0.2, 0) is 19.8 Å². The second-order valence-corrected chi connectivity index (χ2v) is 8.28. The Labute approximate surface area is 174 Å². The molecular formula is C25H46NO2+. The van der Waals surface area contributed by atoms with Crippen LogP contribution in [0.1, 0.15) is 121 Å². The quantitative estimate of drug-likeness (QED) is 0.217. The molecule has 0 unspecified atom stereocenters. The second-order valence-electron chi connectivity index (χ2n) is 8.28. The summed E-state index contributed by atoms with van der Waals surface area (Å²) >= 11 is 0. The summed E-state index contributed by atoms with van der Waals surface area (Å²) in [5, 5.41) is 18.9. The van der Waals surface area contributed by atoms with Crippen LogP contribution >= 0.6 is 0 Å². The van der Waals surface area contributed by atoms with Crippen LogP contribution in [0, 0.1) is 0 Å². The molecule has 0 amide bonds. The molecule has 0 radical (unpaired) electrons. The van der Waals surface area contributed by atoms with E-state index in [4.69, 9.17) is 0 Å². The van der Waals surface area contributed by atoms with Gasteiger partial charge in [0.05, 0.1) is 0 Å². The van der Waals surface area contributed by atoms with Gasteiger partial charge < -0.3 is 10.2 Å². The van der Waals surface area contributed by atoms with E-state index in [0.29, 0.717) is 0 Å². The van der Waals surface area contributed by atoms with Gasteiger partial charge in [0.25, 0.3) is 0 Å². The Balaban J connectivity index is 1.91. The Morgan fingerprint density at radius 1 is 0.571 bits per heavy atom. The highest BCUT2D eigenvalue weighted by molar-refractivity contribution is 5.02. The van der Waals surface area contributed by atoms with Gasteiger partial charge in [0, 0.05) is 18.6 Å².